The third-order valence-corrected chi connectivity index (χ3v) is 5.79. The predicted molar refractivity (Wildman–Crippen MR) is 119 cm³/mol. The molecule has 148 valence electrons. The molecule has 0 saturated carbocycles. The zero-order valence-corrected chi connectivity index (χ0v) is 17.5. The van der Waals surface area contributed by atoms with Crippen molar-refractivity contribution in [3.63, 3.8) is 0 Å². The fourth-order valence-corrected chi connectivity index (χ4v) is 4.00. The van der Waals surface area contributed by atoms with Crippen molar-refractivity contribution in [2.24, 2.45) is 0 Å². The summed E-state index contributed by atoms with van der Waals surface area (Å²) in [5.74, 6) is 8.17. The molecule has 1 aliphatic heterocycles. The van der Waals surface area contributed by atoms with Gasteiger partial charge >= 0.3 is 0 Å². The molecule has 29 heavy (non-hydrogen) atoms. The van der Waals surface area contributed by atoms with Crippen LogP contribution < -0.4 is 0 Å². The molecule has 3 aromatic rings. The van der Waals surface area contributed by atoms with Crippen LogP contribution in [0.2, 0.25) is 0 Å². The van der Waals surface area contributed by atoms with E-state index in [1.165, 1.54) is 0 Å². The molecule has 0 aliphatic carbocycles. The van der Waals surface area contributed by atoms with Crippen LogP contribution in [0.25, 0.3) is 17.1 Å². The summed E-state index contributed by atoms with van der Waals surface area (Å²) in [6, 6.07) is 20.4. The Labute approximate surface area is 176 Å². The van der Waals surface area contributed by atoms with Crippen LogP contribution in [-0.2, 0) is 0 Å². The normalized spacial score (nSPS) is 15.1. The molecular weight excluding hydrogens is 378 g/mol. The van der Waals surface area contributed by atoms with Crippen LogP contribution in [-0.4, -0.2) is 70.1 Å². The van der Waals surface area contributed by atoms with Gasteiger partial charge in [-0.05, 0) is 19.2 Å². The molecule has 0 N–H and O–H groups in total. The van der Waals surface area contributed by atoms with Gasteiger partial charge in [-0.25, -0.2) is 0 Å². The highest BCUT2D eigenvalue weighted by Crippen LogP contribution is 2.27. The highest BCUT2D eigenvalue weighted by atomic mass is 32.2. The number of likely N-dealkylation sites (N-methyl/N-ethyl adjacent to an activating group) is 1. The van der Waals surface area contributed by atoms with Crippen molar-refractivity contribution in [3.05, 3.63) is 60.7 Å². The van der Waals surface area contributed by atoms with E-state index in [-0.39, 0.29) is 0 Å². The molecule has 5 nitrogen and oxygen atoms in total. The zero-order valence-electron chi connectivity index (χ0n) is 16.7. The summed E-state index contributed by atoms with van der Waals surface area (Å²) in [6.45, 7) is 5.29. The first-order valence-electron chi connectivity index (χ1n) is 9.87. The van der Waals surface area contributed by atoms with Gasteiger partial charge in [0.15, 0.2) is 11.0 Å². The quantitative estimate of drug-likeness (QED) is 0.483. The van der Waals surface area contributed by atoms with Crippen molar-refractivity contribution in [1.29, 1.82) is 0 Å². The molecule has 2 aromatic carbocycles. The van der Waals surface area contributed by atoms with Gasteiger partial charge in [0.05, 0.1) is 12.3 Å². The number of nitrogens with zero attached hydrogens (tertiary/aromatic N) is 5. The Bertz CT molecular complexity index is 967. The smallest absolute Gasteiger partial charge is 0.197 e. The minimum atomic E-state index is 0.702. The van der Waals surface area contributed by atoms with Crippen LogP contribution in [0.3, 0.4) is 0 Å². The summed E-state index contributed by atoms with van der Waals surface area (Å²) in [5.41, 5.74) is 2.11. The second-order valence-electron chi connectivity index (χ2n) is 7.06. The van der Waals surface area contributed by atoms with E-state index >= 15 is 0 Å². The average molecular weight is 404 g/mol. The Morgan fingerprint density at radius 3 is 2.28 bits per heavy atom. The second-order valence-corrected chi connectivity index (χ2v) is 8.01. The molecule has 2 heterocycles. The lowest BCUT2D eigenvalue weighted by Crippen LogP contribution is -2.44. The topological polar surface area (TPSA) is 37.2 Å². The maximum atomic E-state index is 4.47. The molecule has 4 rings (SSSR count). The molecule has 0 bridgehead atoms. The number of rotatable bonds is 5. The summed E-state index contributed by atoms with van der Waals surface area (Å²) in [4.78, 5) is 4.78. The Balaban J connectivity index is 1.47. The standard InChI is InChI=1S/C23H25N5S/c1-26-15-17-27(18-16-26)14-8-9-19-29-23-25-24-22(20-10-4-2-5-11-20)28(23)21-12-6-3-7-13-21/h2-7,10-13H,14-19H2,1H3. The van der Waals surface area contributed by atoms with Crippen molar-refractivity contribution >= 4 is 11.8 Å². The number of thioether (sulfide) groups is 1. The Kier molecular flexibility index (Phi) is 6.63. The SMILES string of the molecule is CN1CCN(CC#CCSc2nnc(-c3ccccc3)n2-c2ccccc2)CC1. The molecule has 0 radical (unpaired) electrons. The van der Waals surface area contributed by atoms with Gasteiger partial charge in [-0.1, -0.05) is 72.1 Å². The zero-order chi connectivity index (χ0) is 19.9. The van der Waals surface area contributed by atoms with Crippen LogP contribution in [0.4, 0.5) is 0 Å². The average Bonchev–Trinajstić information content (AvgIpc) is 3.20. The molecule has 1 aromatic heterocycles. The first kappa shape index (κ1) is 19.7. The van der Waals surface area contributed by atoms with Crippen LogP contribution >= 0.6 is 11.8 Å². The Morgan fingerprint density at radius 2 is 1.55 bits per heavy atom. The van der Waals surface area contributed by atoms with Gasteiger partial charge in [-0.15, -0.1) is 10.2 Å². The number of para-hydroxylation sites is 1. The van der Waals surface area contributed by atoms with Crippen LogP contribution in [0, 0.1) is 11.8 Å². The van der Waals surface area contributed by atoms with E-state index in [2.05, 4.69) is 67.7 Å². The van der Waals surface area contributed by atoms with Crippen LogP contribution in [0.15, 0.2) is 65.8 Å². The van der Waals surface area contributed by atoms with Crippen molar-refractivity contribution in [1.82, 2.24) is 24.6 Å². The van der Waals surface area contributed by atoms with Crippen LogP contribution in [0.1, 0.15) is 0 Å². The Hall–Kier alpha value is -2.59. The van der Waals surface area contributed by atoms with E-state index in [9.17, 15) is 0 Å². The first-order chi connectivity index (χ1) is 14.3. The fraction of sp³-hybridized carbons (Fsp3) is 0.304. The molecule has 0 atom stereocenters. The van der Waals surface area contributed by atoms with E-state index < -0.39 is 0 Å². The van der Waals surface area contributed by atoms with Crippen molar-refractivity contribution in [2.45, 2.75) is 5.16 Å². The van der Waals surface area contributed by atoms with Crippen molar-refractivity contribution < 1.29 is 0 Å². The molecular formula is C23H25N5S. The third kappa shape index (κ3) is 5.07. The second kappa shape index (κ2) is 9.75. The summed E-state index contributed by atoms with van der Waals surface area (Å²) in [7, 11) is 2.17. The third-order valence-electron chi connectivity index (χ3n) is 4.98. The lowest BCUT2D eigenvalue weighted by Gasteiger charge is -2.30. The summed E-state index contributed by atoms with van der Waals surface area (Å²) in [5, 5.41) is 9.79. The van der Waals surface area contributed by atoms with E-state index in [1.807, 2.05) is 36.4 Å². The monoisotopic (exact) mass is 403 g/mol. The summed E-state index contributed by atoms with van der Waals surface area (Å²) < 4.78 is 2.11. The van der Waals surface area contributed by atoms with Gasteiger partial charge in [0.2, 0.25) is 0 Å². The molecule has 1 aliphatic rings. The largest absolute Gasteiger partial charge is 0.304 e. The van der Waals surface area contributed by atoms with Gasteiger partial charge in [-0.3, -0.25) is 9.47 Å². The fourth-order valence-electron chi connectivity index (χ4n) is 3.27. The molecule has 0 spiro atoms. The van der Waals surface area contributed by atoms with Crippen LogP contribution in [0.5, 0.6) is 0 Å². The minimum Gasteiger partial charge on any atom is -0.304 e. The molecule has 6 heteroatoms. The lowest BCUT2D eigenvalue weighted by atomic mass is 10.2. The minimum absolute atomic E-state index is 0.702. The highest BCUT2D eigenvalue weighted by Gasteiger charge is 2.15. The number of benzene rings is 2. The predicted octanol–water partition coefficient (Wildman–Crippen LogP) is 3.28. The molecule has 1 saturated heterocycles. The van der Waals surface area contributed by atoms with Crippen molar-refractivity contribution in [3.8, 4) is 28.9 Å². The van der Waals surface area contributed by atoms with E-state index in [4.69, 9.17) is 0 Å². The highest BCUT2D eigenvalue weighted by molar-refractivity contribution is 7.99. The number of aromatic nitrogens is 3. The summed E-state index contributed by atoms with van der Waals surface area (Å²) >= 11 is 1.63. The maximum absolute atomic E-state index is 4.47. The van der Waals surface area contributed by atoms with Gasteiger partial charge in [0.25, 0.3) is 0 Å². The van der Waals surface area contributed by atoms with Gasteiger partial charge in [0, 0.05) is 37.4 Å². The maximum Gasteiger partial charge on any atom is 0.197 e. The molecule has 0 unspecified atom stereocenters. The van der Waals surface area contributed by atoms with Gasteiger partial charge in [0.1, 0.15) is 0 Å². The van der Waals surface area contributed by atoms with E-state index in [0.29, 0.717) is 5.75 Å². The Morgan fingerprint density at radius 1 is 0.862 bits per heavy atom. The van der Waals surface area contributed by atoms with E-state index in [0.717, 1.165) is 55.0 Å². The number of hydrogen-bond donors (Lipinski definition) is 0. The summed E-state index contributed by atoms with van der Waals surface area (Å²) in [6.07, 6.45) is 0. The lowest BCUT2D eigenvalue weighted by molar-refractivity contribution is 0.168. The molecule has 0 amide bonds. The number of piperazine rings is 1. The molecule has 1 fully saturated rings. The van der Waals surface area contributed by atoms with Gasteiger partial charge in [-0.2, -0.15) is 0 Å². The first-order valence-corrected chi connectivity index (χ1v) is 10.9. The van der Waals surface area contributed by atoms with E-state index in [1.54, 1.807) is 11.8 Å². The van der Waals surface area contributed by atoms with Crippen molar-refractivity contribution in [2.75, 3.05) is 45.5 Å². The number of hydrogen-bond acceptors (Lipinski definition) is 5. The van der Waals surface area contributed by atoms with Gasteiger partial charge < -0.3 is 4.90 Å².